The van der Waals surface area contributed by atoms with Crippen LogP contribution < -0.4 is 9.64 Å². The summed E-state index contributed by atoms with van der Waals surface area (Å²) in [6.45, 7) is 2.41. The third kappa shape index (κ3) is 3.52. The summed E-state index contributed by atoms with van der Waals surface area (Å²) in [7, 11) is 1.10. The number of aryl methyl sites for hydroxylation is 1. The number of carbonyl (C=O) groups is 1. The van der Waals surface area contributed by atoms with E-state index in [1.807, 2.05) is 0 Å². The lowest BCUT2D eigenvalue weighted by Crippen LogP contribution is -2.54. The average molecular weight is 357 g/mol. The van der Waals surface area contributed by atoms with Gasteiger partial charge < -0.3 is 18.9 Å². The van der Waals surface area contributed by atoms with Gasteiger partial charge >= 0.3 is 12.1 Å². The minimum Gasteiger partial charge on any atom is -0.468 e. The first kappa shape index (κ1) is 17.1. The molecule has 0 aromatic carbocycles. The van der Waals surface area contributed by atoms with Crippen LogP contribution in [0.4, 0.5) is 19.0 Å². The van der Waals surface area contributed by atoms with Crippen LogP contribution >= 0.6 is 0 Å². The first-order valence-corrected chi connectivity index (χ1v) is 7.28. The largest absolute Gasteiger partial charge is 0.468 e. The monoisotopic (exact) mass is 357 g/mol. The number of alkyl halides is 3. The molecule has 2 aromatic heterocycles. The third-order valence-corrected chi connectivity index (χ3v) is 3.64. The van der Waals surface area contributed by atoms with Gasteiger partial charge in [0.15, 0.2) is 0 Å². The molecule has 0 unspecified atom stereocenters. The lowest BCUT2D eigenvalue weighted by atomic mass is 10.1. The van der Waals surface area contributed by atoms with Crippen molar-refractivity contribution in [3.63, 3.8) is 0 Å². The van der Waals surface area contributed by atoms with Crippen molar-refractivity contribution in [1.82, 2.24) is 10.1 Å². The van der Waals surface area contributed by atoms with Crippen molar-refractivity contribution in [3.8, 4) is 5.88 Å². The molecule has 7 nitrogen and oxygen atoms in total. The zero-order valence-corrected chi connectivity index (χ0v) is 13.3. The number of rotatable bonds is 4. The van der Waals surface area contributed by atoms with Crippen LogP contribution in [0.1, 0.15) is 21.7 Å². The van der Waals surface area contributed by atoms with Gasteiger partial charge in [0, 0.05) is 12.3 Å². The smallest absolute Gasteiger partial charge is 0.417 e. The SMILES string of the molecule is COC(=O)c1cc(C(F)(F)F)cnc1N1CC(Oc2cc(C)on2)C1. The highest BCUT2D eigenvalue weighted by molar-refractivity contribution is 5.95. The van der Waals surface area contributed by atoms with Crippen LogP contribution in [0.3, 0.4) is 0 Å². The van der Waals surface area contributed by atoms with Crippen molar-refractivity contribution in [3.05, 3.63) is 35.2 Å². The van der Waals surface area contributed by atoms with E-state index >= 15 is 0 Å². The Kier molecular flexibility index (Phi) is 4.27. The summed E-state index contributed by atoms with van der Waals surface area (Å²) in [6, 6.07) is 2.36. The molecule has 3 rings (SSSR count). The van der Waals surface area contributed by atoms with E-state index in [9.17, 15) is 18.0 Å². The Morgan fingerprint density at radius 1 is 1.36 bits per heavy atom. The molecule has 2 aromatic rings. The maximum absolute atomic E-state index is 12.8. The molecule has 0 amide bonds. The van der Waals surface area contributed by atoms with Crippen LogP contribution in [-0.2, 0) is 10.9 Å². The van der Waals surface area contributed by atoms with Gasteiger partial charge in [-0.25, -0.2) is 9.78 Å². The molecule has 3 heterocycles. The molecule has 25 heavy (non-hydrogen) atoms. The molecule has 0 atom stereocenters. The Morgan fingerprint density at radius 2 is 2.08 bits per heavy atom. The predicted molar refractivity (Wildman–Crippen MR) is 78.4 cm³/mol. The minimum absolute atomic E-state index is 0.121. The van der Waals surface area contributed by atoms with Gasteiger partial charge in [-0.15, -0.1) is 0 Å². The van der Waals surface area contributed by atoms with Gasteiger partial charge in [-0.05, 0) is 18.1 Å². The van der Waals surface area contributed by atoms with Crippen LogP contribution in [0, 0.1) is 6.92 Å². The van der Waals surface area contributed by atoms with E-state index in [-0.39, 0.29) is 17.5 Å². The van der Waals surface area contributed by atoms with Crippen LogP contribution in [-0.4, -0.2) is 42.4 Å². The molecular formula is C15H14F3N3O4. The zero-order chi connectivity index (χ0) is 18.2. The standard InChI is InChI=1S/C15H14F3N3O4/c1-8-3-12(20-25-8)24-10-6-21(7-10)13-11(14(22)23-2)4-9(5-19-13)15(16,17)18/h3-5,10H,6-7H2,1-2H3. The molecule has 0 radical (unpaired) electrons. The van der Waals surface area contributed by atoms with Crippen molar-refractivity contribution >= 4 is 11.8 Å². The normalized spacial score (nSPS) is 15.0. The number of nitrogens with zero attached hydrogens (tertiary/aromatic N) is 3. The summed E-state index contributed by atoms with van der Waals surface area (Å²) in [5.74, 6) is 0.167. The second-order valence-corrected chi connectivity index (χ2v) is 5.51. The molecule has 1 aliphatic rings. The maximum Gasteiger partial charge on any atom is 0.417 e. The molecular weight excluding hydrogens is 343 g/mol. The van der Waals surface area contributed by atoms with Gasteiger partial charge in [0.05, 0.1) is 25.8 Å². The van der Waals surface area contributed by atoms with Crippen molar-refractivity contribution in [2.45, 2.75) is 19.2 Å². The Hall–Kier alpha value is -2.78. The summed E-state index contributed by atoms with van der Waals surface area (Å²) in [6.07, 6.45) is -4.14. The van der Waals surface area contributed by atoms with Crippen molar-refractivity contribution in [1.29, 1.82) is 0 Å². The minimum atomic E-state index is -4.60. The number of halogens is 3. The van der Waals surface area contributed by atoms with Gasteiger partial charge in [-0.2, -0.15) is 13.2 Å². The highest BCUT2D eigenvalue weighted by Gasteiger charge is 2.36. The summed E-state index contributed by atoms with van der Waals surface area (Å²) < 4.78 is 53.5. The van der Waals surface area contributed by atoms with Crippen LogP contribution in [0.25, 0.3) is 0 Å². The number of hydrogen-bond donors (Lipinski definition) is 0. The molecule has 1 fully saturated rings. The van der Waals surface area contributed by atoms with E-state index in [0.717, 1.165) is 13.2 Å². The average Bonchev–Trinajstić information content (AvgIpc) is 2.93. The topological polar surface area (TPSA) is 77.7 Å². The molecule has 0 aliphatic carbocycles. The number of hydrogen-bond acceptors (Lipinski definition) is 7. The number of aromatic nitrogens is 2. The lowest BCUT2D eigenvalue weighted by Gasteiger charge is -2.39. The number of esters is 1. The molecule has 1 saturated heterocycles. The van der Waals surface area contributed by atoms with Gasteiger partial charge in [-0.1, -0.05) is 0 Å². The van der Waals surface area contributed by atoms with E-state index in [2.05, 4.69) is 14.9 Å². The predicted octanol–water partition coefficient (Wildman–Crippen LogP) is 2.45. The first-order chi connectivity index (χ1) is 11.8. The summed E-state index contributed by atoms with van der Waals surface area (Å²) in [5.41, 5.74) is -1.25. The van der Waals surface area contributed by atoms with E-state index in [1.165, 1.54) is 0 Å². The van der Waals surface area contributed by atoms with E-state index in [0.29, 0.717) is 30.9 Å². The molecule has 134 valence electrons. The van der Waals surface area contributed by atoms with E-state index in [1.54, 1.807) is 17.9 Å². The summed E-state index contributed by atoms with van der Waals surface area (Å²) in [4.78, 5) is 17.2. The molecule has 0 bridgehead atoms. The third-order valence-electron chi connectivity index (χ3n) is 3.64. The lowest BCUT2D eigenvalue weighted by molar-refractivity contribution is -0.137. The Morgan fingerprint density at radius 3 is 2.64 bits per heavy atom. The zero-order valence-electron chi connectivity index (χ0n) is 13.3. The van der Waals surface area contributed by atoms with Crippen molar-refractivity contribution in [2.24, 2.45) is 0 Å². The molecule has 0 saturated carbocycles. The summed E-state index contributed by atoms with van der Waals surface area (Å²) >= 11 is 0. The molecule has 1 aliphatic heterocycles. The fourth-order valence-electron chi connectivity index (χ4n) is 2.38. The van der Waals surface area contributed by atoms with Gasteiger partial charge in [0.2, 0.25) is 0 Å². The highest BCUT2D eigenvalue weighted by Crippen LogP contribution is 2.33. The Labute approximate surface area is 140 Å². The molecule has 10 heteroatoms. The quantitative estimate of drug-likeness (QED) is 0.778. The molecule has 0 N–H and O–H groups in total. The Balaban J connectivity index is 1.75. The Bertz CT molecular complexity index is 785. The second kappa shape index (κ2) is 6.26. The van der Waals surface area contributed by atoms with Crippen LogP contribution in [0.5, 0.6) is 5.88 Å². The fraction of sp³-hybridized carbons (Fsp3) is 0.400. The van der Waals surface area contributed by atoms with Crippen molar-refractivity contribution in [2.75, 3.05) is 25.1 Å². The van der Waals surface area contributed by atoms with Gasteiger partial charge in [0.25, 0.3) is 5.88 Å². The number of methoxy groups -OCH3 is 1. The van der Waals surface area contributed by atoms with Gasteiger partial charge in [-0.3, -0.25) is 0 Å². The number of ether oxygens (including phenoxy) is 2. The number of anilines is 1. The van der Waals surface area contributed by atoms with E-state index in [4.69, 9.17) is 9.26 Å². The maximum atomic E-state index is 12.8. The first-order valence-electron chi connectivity index (χ1n) is 7.28. The van der Waals surface area contributed by atoms with Gasteiger partial charge in [0.1, 0.15) is 23.2 Å². The summed E-state index contributed by atoms with van der Waals surface area (Å²) in [5, 5.41) is 3.70. The van der Waals surface area contributed by atoms with Crippen LogP contribution in [0.15, 0.2) is 22.9 Å². The number of pyridine rings is 1. The van der Waals surface area contributed by atoms with E-state index < -0.39 is 17.7 Å². The van der Waals surface area contributed by atoms with Crippen LogP contribution in [0.2, 0.25) is 0 Å². The second-order valence-electron chi connectivity index (χ2n) is 5.51. The molecule has 0 spiro atoms. The fourth-order valence-corrected chi connectivity index (χ4v) is 2.38. The number of carbonyl (C=O) groups excluding carboxylic acids is 1. The van der Waals surface area contributed by atoms with Crippen molar-refractivity contribution < 1.29 is 32.0 Å². The highest BCUT2D eigenvalue weighted by atomic mass is 19.4.